The van der Waals surface area contributed by atoms with Crippen LogP contribution in [0.15, 0.2) is 66.7 Å². The SMILES string of the molecule is COc1ccc(C(S)c2ccc(F)cc2)cc1-c1cccc([N+](=O)[O-])c1. The molecule has 6 heteroatoms. The Morgan fingerprint density at radius 3 is 2.38 bits per heavy atom. The van der Waals surface area contributed by atoms with Gasteiger partial charge in [-0.15, -0.1) is 0 Å². The minimum absolute atomic E-state index is 0.0101. The van der Waals surface area contributed by atoms with E-state index in [4.69, 9.17) is 4.74 Å². The van der Waals surface area contributed by atoms with Crippen molar-refractivity contribution in [2.24, 2.45) is 0 Å². The number of methoxy groups -OCH3 is 1. The van der Waals surface area contributed by atoms with Crippen LogP contribution in [0.4, 0.5) is 10.1 Å². The number of ether oxygens (including phenoxy) is 1. The van der Waals surface area contributed by atoms with E-state index < -0.39 is 4.92 Å². The lowest BCUT2D eigenvalue weighted by atomic mass is 9.97. The molecule has 0 aromatic heterocycles. The highest BCUT2D eigenvalue weighted by Crippen LogP contribution is 2.37. The zero-order chi connectivity index (χ0) is 18.7. The van der Waals surface area contributed by atoms with Crippen molar-refractivity contribution in [3.63, 3.8) is 0 Å². The standard InChI is InChI=1S/C20H16FNO3S/c1-25-19-10-7-15(20(26)13-5-8-16(21)9-6-13)12-18(19)14-3-2-4-17(11-14)22(23)24/h2-12,20,26H,1H3. The van der Waals surface area contributed by atoms with E-state index in [1.807, 2.05) is 12.1 Å². The van der Waals surface area contributed by atoms with Gasteiger partial charge < -0.3 is 4.74 Å². The smallest absolute Gasteiger partial charge is 0.270 e. The molecule has 0 heterocycles. The molecule has 1 atom stereocenters. The summed E-state index contributed by atoms with van der Waals surface area (Å²) in [5.41, 5.74) is 3.15. The Hall–Kier alpha value is -2.86. The predicted molar refractivity (Wildman–Crippen MR) is 102 cm³/mol. The molecule has 0 amide bonds. The molecule has 3 aromatic carbocycles. The number of halogens is 1. The van der Waals surface area contributed by atoms with Crippen LogP contribution in [-0.4, -0.2) is 12.0 Å². The summed E-state index contributed by atoms with van der Waals surface area (Å²) in [7, 11) is 1.55. The Morgan fingerprint density at radius 1 is 1.04 bits per heavy atom. The first kappa shape index (κ1) is 17.9. The molecule has 0 saturated heterocycles. The molecule has 0 radical (unpaired) electrons. The first-order valence-corrected chi connectivity index (χ1v) is 8.37. The summed E-state index contributed by atoms with van der Waals surface area (Å²) in [6.45, 7) is 0. The van der Waals surface area contributed by atoms with Crippen LogP contribution in [0.5, 0.6) is 5.75 Å². The largest absolute Gasteiger partial charge is 0.496 e. The number of hydrogen-bond donors (Lipinski definition) is 1. The predicted octanol–water partition coefficient (Wildman–Crippen LogP) is 5.43. The molecule has 132 valence electrons. The van der Waals surface area contributed by atoms with Gasteiger partial charge in [0.05, 0.1) is 17.3 Å². The molecule has 0 fully saturated rings. The Bertz CT molecular complexity index is 944. The highest BCUT2D eigenvalue weighted by Gasteiger charge is 2.15. The second-order valence-electron chi connectivity index (χ2n) is 5.72. The minimum Gasteiger partial charge on any atom is -0.496 e. The third kappa shape index (κ3) is 3.70. The van der Waals surface area contributed by atoms with Crippen LogP contribution in [0, 0.1) is 15.9 Å². The van der Waals surface area contributed by atoms with E-state index in [1.54, 1.807) is 37.4 Å². The Balaban J connectivity index is 2.05. The number of nitro benzene ring substituents is 1. The van der Waals surface area contributed by atoms with Crippen LogP contribution < -0.4 is 4.74 Å². The van der Waals surface area contributed by atoms with Gasteiger partial charge in [-0.25, -0.2) is 4.39 Å². The van der Waals surface area contributed by atoms with Gasteiger partial charge in [0.1, 0.15) is 11.6 Å². The molecule has 0 aliphatic heterocycles. The van der Waals surface area contributed by atoms with Crippen LogP contribution >= 0.6 is 12.6 Å². The fraction of sp³-hybridized carbons (Fsp3) is 0.100. The number of non-ortho nitro benzene ring substituents is 1. The van der Waals surface area contributed by atoms with E-state index in [0.29, 0.717) is 11.3 Å². The first-order valence-electron chi connectivity index (χ1n) is 7.86. The van der Waals surface area contributed by atoms with Crippen molar-refractivity contribution in [2.45, 2.75) is 5.25 Å². The minimum atomic E-state index is -0.431. The average molecular weight is 369 g/mol. The molecule has 0 saturated carbocycles. The number of rotatable bonds is 5. The van der Waals surface area contributed by atoms with Crippen molar-refractivity contribution in [1.82, 2.24) is 0 Å². The maximum absolute atomic E-state index is 13.1. The summed E-state index contributed by atoms with van der Waals surface area (Å²) < 4.78 is 18.6. The molecule has 26 heavy (non-hydrogen) atoms. The number of benzene rings is 3. The number of thiol groups is 1. The van der Waals surface area contributed by atoms with E-state index in [2.05, 4.69) is 12.6 Å². The monoisotopic (exact) mass is 369 g/mol. The summed E-state index contributed by atoms with van der Waals surface area (Å²) in [5, 5.41) is 10.8. The molecule has 3 rings (SSSR count). The molecule has 4 nitrogen and oxygen atoms in total. The van der Waals surface area contributed by atoms with Gasteiger partial charge in [0.15, 0.2) is 0 Å². The zero-order valence-electron chi connectivity index (χ0n) is 13.9. The Labute approximate surface area is 155 Å². The average Bonchev–Trinajstić information content (AvgIpc) is 2.67. The van der Waals surface area contributed by atoms with E-state index in [0.717, 1.165) is 16.7 Å². The number of nitro groups is 1. The summed E-state index contributed by atoms with van der Waals surface area (Å²) in [4.78, 5) is 10.6. The molecule has 0 aliphatic carbocycles. The normalized spacial score (nSPS) is 11.8. The maximum Gasteiger partial charge on any atom is 0.270 e. The van der Waals surface area contributed by atoms with Crippen LogP contribution in [0.2, 0.25) is 0 Å². The van der Waals surface area contributed by atoms with Crippen molar-refractivity contribution in [2.75, 3.05) is 7.11 Å². The molecular weight excluding hydrogens is 353 g/mol. The number of hydrogen-bond acceptors (Lipinski definition) is 4. The van der Waals surface area contributed by atoms with Gasteiger partial charge in [0.2, 0.25) is 0 Å². The van der Waals surface area contributed by atoms with E-state index in [-0.39, 0.29) is 16.8 Å². The molecule has 0 spiro atoms. The van der Waals surface area contributed by atoms with E-state index in [1.165, 1.54) is 24.3 Å². The topological polar surface area (TPSA) is 52.4 Å². The fourth-order valence-corrected chi connectivity index (χ4v) is 3.08. The lowest BCUT2D eigenvalue weighted by Crippen LogP contribution is -1.97. The quantitative estimate of drug-likeness (QED) is 0.371. The highest BCUT2D eigenvalue weighted by atomic mass is 32.1. The van der Waals surface area contributed by atoms with Gasteiger partial charge in [-0.3, -0.25) is 10.1 Å². The lowest BCUT2D eigenvalue weighted by Gasteiger charge is -2.16. The van der Waals surface area contributed by atoms with Crippen molar-refractivity contribution in [3.05, 3.63) is 93.8 Å². The van der Waals surface area contributed by atoms with Crippen molar-refractivity contribution >= 4 is 18.3 Å². The van der Waals surface area contributed by atoms with Crippen LogP contribution in [0.25, 0.3) is 11.1 Å². The van der Waals surface area contributed by atoms with Gasteiger partial charge >= 0.3 is 0 Å². The zero-order valence-corrected chi connectivity index (χ0v) is 14.8. The maximum atomic E-state index is 13.1. The van der Waals surface area contributed by atoms with Crippen molar-refractivity contribution in [1.29, 1.82) is 0 Å². The van der Waals surface area contributed by atoms with Gasteiger partial charge in [-0.1, -0.05) is 30.3 Å². The van der Waals surface area contributed by atoms with Crippen LogP contribution in [-0.2, 0) is 0 Å². The second kappa shape index (κ2) is 7.58. The van der Waals surface area contributed by atoms with Gasteiger partial charge in [-0.2, -0.15) is 12.6 Å². The highest BCUT2D eigenvalue weighted by molar-refractivity contribution is 7.80. The molecule has 3 aromatic rings. The summed E-state index contributed by atoms with van der Waals surface area (Å²) in [6.07, 6.45) is 0. The summed E-state index contributed by atoms with van der Waals surface area (Å²) in [6, 6.07) is 18.1. The number of nitrogens with zero attached hydrogens (tertiary/aromatic N) is 1. The van der Waals surface area contributed by atoms with E-state index in [9.17, 15) is 14.5 Å². The fourth-order valence-electron chi connectivity index (χ4n) is 2.75. The third-order valence-corrected chi connectivity index (χ3v) is 4.69. The van der Waals surface area contributed by atoms with Crippen LogP contribution in [0.3, 0.4) is 0 Å². The Morgan fingerprint density at radius 2 is 1.73 bits per heavy atom. The molecule has 0 bridgehead atoms. The second-order valence-corrected chi connectivity index (χ2v) is 6.24. The third-order valence-electron chi connectivity index (χ3n) is 4.09. The van der Waals surface area contributed by atoms with Crippen LogP contribution in [0.1, 0.15) is 16.4 Å². The summed E-state index contributed by atoms with van der Waals surface area (Å²) >= 11 is 4.65. The van der Waals surface area contributed by atoms with Gasteiger partial charge in [-0.05, 0) is 41.0 Å². The molecule has 0 N–H and O–H groups in total. The van der Waals surface area contributed by atoms with Gasteiger partial charge in [0, 0.05) is 17.7 Å². The molecule has 1 unspecified atom stereocenters. The summed E-state index contributed by atoms with van der Waals surface area (Å²) in [5.74, 6) is 0.301. The lowest BCUT2D eigenvalue weighted by molar-refractivity contribution is -0.384. The van der Waals surface area contributed by atoms with Crippen molar-refractivity contribution < 1.29 is 14.1 Å². The molecular formula is C20H16FNO3S. The first-order chi connectivity index (χ1) is 12.5. The van der Waals surface area contributed by atoms with Crippen molar-refractivity contribution in [3.8, 4) is 16.9 Å². The van der Waals surface area contributed by atoms with E-state index >= 15 is 0 Å². The molecule has 0 aliphatic rings. The van der Waals surface area contributed by atoms with Gasteiger partial charge in [0.25, 0.3) is 5.69 Å². The Kier molecular flexibility index (Phi) is 5.23.